The average Bonchev–Trinajstić information content (AvgIpc) is 2.18. The van der Waals surface area contributed by atoms with E-state index in [1.165, 1.54) is 0 Å². The van der Waals surface area contributed by atoms with Crippen LogP contribution in [0, 0.1) is 19.6 Å². The standard InChI is InChI=1S/C2H7P.Fe.4NO/c1-3-2;;4*1-2/h3H,1-2H3;;;;;/q;+4;4*-1. The molecule has 0 saturated carbocycles. The van der Waals surface area contributed by atoms with Crippen molar-refractivity contribution in [1.82, 2.24) is 0 Å². The molecule has 0 aromatic rings. The quantitative estimate of drug-likeness (QED) is 0.467. The molecular weight excluding hydrogens is 231 g/mol. The molecule has 0 saturated heterocycles. The van der Waals surface area contributed by atoms with E-state index in [1.54, 1.807) is 0 Å². The third-order valence-electron chi connectivity index (χ3n) is 0. The van der Waals surface area contributed by atoms with Crippen molar-refractivity contribution in [3.05, 3.63) is 42.0 Å². The van der Waals surface area contributed by atoms with Gasteiger partial charge in [-0.25, -0.2) is 0 Å². The molecule has 8 nitrogen and oxygen atoms in total. The summed E-state index contributed by atoms with van der Waals surface area (Å²) in [5.74, 6) is 0. The molecule has 0 amide bonds. The third kappa shape index (κ3) is 1540. The Balaban J connectivity index is -0.00000000933. The van der Waals surface area contributed by atoms with Gasteiger partial charge in [-0.1, -0.05) is 0 Å². The molecule has 72 valence electrons. The number of nitroso groups, excluding NO2 is 4. The van der Waals surface area contributed by atoms with E-state index in [-0.39, 0.29) is 17.1 Å². The predicted octanol–water partition coefficient (Wildman–Crippen LogP) is 2.21. The largest absolute Gasteiger partial charge is 4.00 e. The van der Waals surface area contributed by atoms with E-state index in [1.807, 2.05) is 0 Å². The summed E-state index contributed by atoms with van der Waals surface area (Å²) in [5.41, 5.74) is 23.0. The van der Waals surface area contributed by atoms with Crippen LogP contribution in [0.15, 0.2) is 0 Å². The maximum Gasteiger partial charge on any atom is 4.00 e. The van der Waals surface area contributed by atoms with Crippen LogP contribution in [0.5, 0.6) is 0 Å². The minimum Gasteiger partial charge on any atom is -0.577 e. The van der Waals surface area contributed by atoms with Crippen LogP contribution in [0.4, 0.5) is 0 Å². The topological polar surface area (TPSA) is 157 Å². The molecule has 0 N–H and O–H groups in total. The molecule has 0 aliphatic heterocycles. The third-order valence-corrected chi connectivity index (χ3v) is 0. The number of nitrogens with zero attached hydrogens (tertiary/aromatic N) is 4. The maximum absolute atomic E-state index is 7.25. The van der Waals surface area contributed by atoms with Crippen molar-refractivity contribution in [2.75, 3.05) is 13.3 Å². The molecule has 0 fully saturated rings. The molecule has 0 bridgehead atoms. The molecule has 0 aromatic heterocycles. The summed E-state index contributed by atoms with van der Waals surface area (Å²) in [6.07, 6.45) is 0. The van der Waals surface area contributed by atoms with Crippen molar-refractivity contribution in [3.63, 3.8) is 0 Å². The summed E-state index contributed by atoms with van der Waals surface area (Å²) in [4.78, 5) is 29.0. The van der Waals surface area contributed by atoms with Crippen LogP contribution in [0.25, 0.3) is 22.4 Å². The van der Waals surface area contributed by atoms with Crippen molar-refractivity contribution in [1.29, 1.82) is 0 Å². The molecular formula is C2H7FeN4O4P. The second kappa shape index (κ2) is 7410. The predicted molar refractivity (Wildman–Crippen MR) is 47.1 cm³/mol. The summed E-state index contributed by atoms with van der Waals surface area (Å²) in [6.45, 7) is 4.31. The Morgan fingerprint density at radius 2 is 0.667 bits per heavy atom. The summed E-state index contributed by atoms with van der Waals surface area (Å²) in [6, 6.07) is 0. The SMILES string of the molecule is CPC.[Fe+4].[N-]=O.[N-]=O.[N-]=O.[N-]=O. The Kier molecular flexibility index (Phi) is 26200. The Morgan fingerprint density at radius 1 is 0.667 bits per heavy atom. The average molecular weight is 238 g/mol. The van der Waals surface area contributed by atoms with Gasteiger partial charge < -0.3 is 42.0 Å². The fraction of sp³-hybridized carbons (Fsp3) is 1.00. The Bertz CT molecular complexity index is 40.2. The Morgan fingerprint density at radius 3 is 0.667 bits per heavy atom. The second-order valence-electron chi connectivity index (χ2n) is 0.500. The fourth-order valence-corrected chi connectivity index (χ4v) is 0. The van der Waals surface area contributed by atoms with Crippen LogP contribution in [-0.4, -0.2) is 13.3 Å². The zero-order valence-electron chi connectivity index (χ0n) is 6.28. The van der Waals surface area contributed by atoms with Crippen LogP contribution < -0.4 is 0 Å². The minimum absolute atomic E-state index is 0. The van der Waals surface area contributed by atoms with Gasteiger partial charge in [0.05, 0.1) is 0 Å². The van der Waals surface area contributed by atoms with E-state index in [0.29, 0.717) is 0 Å². The first-order chi connectivity index (χ1) is 5.41. The van der Waals surface area contributed by atoms with Gasteiger partial charge in [-0.2, -0.15) is 0 Å². The van der Waals surface area contributed by atoms with Crippen LogP contribution in [-0.2, 0) is 17.1 Å². The molecule has 0 aromatic carbocycles. The van der Waals surface area contributed by atoms with E-state index in [2.05, 4.69) is 13.3 Å². The van der Waals surface area contributed by atoms with Gasteiger partial charge in [0, 0.05) is 0 Å². The number of hydrogen-bond donors (Lipinski definition) is 0. The van der Waals surface area contributed by atoms with Crippen molar-refractivity contribution >= 4 is 8.58 Å². The van der Waals surface area contributed by atoms with E-state index < -0.39 is 0 Å². The first-order valence-corrected chi connectivity index (χ1v) is 3.73. The first kappa shape index (κ1) is 42.5. The van der Waals surface area contributed by atoms with Crippen LogP contribution in [0.2, 0.25) is 0 Å². The normalized spacial score (nSPS) is 2.83. The van der Waals surface area contributed by atoms with E-state index in [0.717, 1.165) is 8.58 Å². The van der Waals surface area contributed by atoms with Crippen LogP contribution in [0.3, 0.4) is 0 Å². The van der Waals surface area contributed by atoms with Crippen molar-refractivity contribution < 1.29 is 17.1 Å². The van der Waals surface area contributed by atoms with E-state index in [9.17, 15) is 0 Å². The Labute approximate surface area is 81.6 Å². The summed E-state index contributed by atoms with van der Waals surface area (Å²) in [7, 11) is 1.08. The van der Waals surface area contributed by atoms with Gasteiger partial charge in [-0.05, 0) is 13.3 Å². The van der Waals surface area contributed by atoms with Crippen molar-refractivity contribution in [3.8, 4) is 0 Å². The molecule has 10 heteroatoms. The zero-order chi connectivity index (χ0) is 10.7. The first-order valence-electron chi connectivity index (χ1n) is 1.73. The summed E-state index contributed by atoms with van der Waals surface area (Å²) < 4.78 is 0. The minimum atomic E-state index is 0. The maximum atomic E-state index is 7.25. The second-order valence-corrected chi connectivity index (χ2v) is 1.50. The monoisotopic (exact) mass is 238 g/mol. The molecule has 0 rings (SSSR count). The van der Waals surface area contributed by atoms with Crippen LogP contribution in [0.1, 0.15) is 0 Å². The zero-order valence-corrected chi connectivity index (χ0v) is 8.38. The molecule has 0 aliphatic rings. The summed E-state index contributed by atoms with van der Waals surface area (Å²) in [5, 5.41) is 0. The molecule has 0 atom stereocenters. The smallest absolute Gasteiger partial charge is 0.577 e. The van der Waals surface area contributed by atoms with E-state index >= 15 is 0 Å². The van der Waals surface area contributed by atoms with E-state index in [4.69, 9.17) is 42.0 Å². The Hall–Kier alpha value is -0.651. The van der Waals surface area contributed by atoms with Gasteiger partial charge in [0.15, 0.2) is 0 Å². The fourth-order valence-electron chi connectivity index (χ4n) is 0. The van der Waals surface area contributed by atoms with Gasteiger partial charge in [-0.15, -0.1) is 8.58 Å². The van der Waals surface area contributed by atoms with Gasteiger partial charge in [0.25, 0.3) is 0 Å². The van der Waals surface area contributed by atoms with Gasteiger partial charge in [0.2, 0.25) is 0 Å². The van der Waals surface area contributed by atoms with Crippen LogP contribution >= 0.6 is 8.58 Å². The number of rotatable bonds is 0. The molecule has 0 aliphatic carbocycles. The molecule has 0 radical (unpaired) electrons. The molecule has 12 heavy (non-hydrogen) atoms. The van der Waals surface area contributed by atoms with Crippen molar-refractivity contribution in [2.24, 2.45) is 0 Å². The molecule has 0 unspecified atom stereocenters. The van der Waals surface area contributed by atoms with Crippen molar-refractivity contribution in [2.45, 2.75) is 0 Å². The molecule has 0 spiro atoms. The number of hydrogen-bond acceptors (Lipinski definition) is 4. The van der Waals surface area contributed by atoms with Gasteiger partial charge in [0.1, 0.15) is 0 Å². The van der Waals surface area contributed by atoms with Gasteiger partial charge in [-0.3, -0.25) is 0 Å². The molecule has 0 heterocycles. The van der Waals surface area contributed by atoms with Gasteiger partial charge >= 0.3 is 17.1 Å². The summed E-state index contributed by atoms with van der Waals surface area (Å²) >= 11 is 0.